The lowest BCUT2D eigenvalue weighted by molar-refractivity contribution is -0.154. The fourth-order valence-electron chi connectivity index (χ4n) is 3.11. The molecule has 0 spiro atoms. The van der Waals surface area contributed by atoms with Gasteiger partial charge in [0.1, 0.15) is 0 Å². The third-order valence-electron chi connectivity index (χ3n) is 5.03. The molecule has 4 nitrogen and oxygen atoms in total. The van der Waals surface area contributed by atoms with Crippen LogP contribution >= 0.6 is 0 Å². The van der Waals surface area contributed by atoms with E-state index in [4.69, 9.17) is 9.47 Å². The molecule has 0 saturated heterocycles. The van der Waals surface area contributed by atoms with Gasteiger partial charge in [-0.25, -0.2) is 9.59 Å². The summed E-state index contributed by atoms with van der Waals surface area (Å²) in [4.78, 5) is 22.7. The second-order valence-electron chi connectivity index (χ2n) is 7.35. The average Bonchev–Trinajstić information content (AvgIpc) is 2.65. The Labute approximate surface area is 161 Å². The molecule has 0 aliphatic heterocycles. The van der Waals surface area contributed by atoms with Crippen molar-refractivity contribution in [1.82, 2.24) is 0 Å². The van der Waals surface area contributed by atoms with Crippen LogP contribution in [0.5, 0.6) is 0 Å². The van der Waals surface area contributed by atoms with E-state index in [9.17, 15) is 9.59 Å². The van der Waals surface area contributed by atoms with Crippen molar-refractivity contribution in [1.29, 1.82) is 0 Å². The van der Waals surface area contributed by atoms with Gasteiger partial charge >= 0.3 is 12.4 Å². The lowest BCUT2D eigenvalue weighted by Gasteiger charge is -2.18. The van der Waals surface area contributed by atoms with Gasteiger partial charge in [0.15, 0.2) is 6.10 Å². The first-order valence-corrected chi connectivity index (χ1v) is 10.9. The normalized spacial score (nSPS) is 13.2. The maximum absolute atomic E-state index is 12.2. The Morgan fingerprint density at radius 1 is 0.808 bits per heavy atom. The topological polar surface area (TPSA) is 52.6 Å². The molecule has 0 aromatic heterocycles. The fourth-order valence-corrected chi connectivity index (χ4v) is 3.11. The zero-order chi connectivity index (χ0) is 19.5. The summed E-state index contributed by atoms with van der Waals surface area (Å²) >= 11 is 0. The number of carbonyl (C=O) groups is 1. The van der Waals surface area contributed by atoms with E-state index in [1.165, 1.54) is 51.4 Å². The molecular weight excluding hydrogens is 328 g/mol. The summed E-state index contributed by atoms with van der Waals surface area (Å²) in [6.07, 6.45) is 15.0. The van der Waals surface area contributed by atoms with Crippen molar-refractivity contribution >= 4 is 12.4 Å². The van der Waals surface area contributed by atoms with E-state index in [0.717, 1.165) is 38.5 Å². The predicted octanol–water partition coefficient (Wildman–Crippen LogP) is 6.12. The molecule has 4 heteroatoms. The Bertz CT molecular complexity index is 330. The van der Waals surface area contributed by atoms with Crippen LogP contribution in [0.3, 0.4) is 0 Å². The number of esters is 1. The van der Waals surface area contributed by atoms with Crippen molar-refractivity contribution in [3.05, 3.63) is 0 Å². The summed E-state index contributed by atoms with van der Waals surface area (Å²) in [5.74, 6) is -0.0182. The minimum Gasteiger partial charge on any atom is -0.463 e. The highest BCUT2D eigenvalue weighted by Gasteiger charge is 2.22. The van der Waals surface area contributed by atoms with Crippen molar-refractivity contribution < 1.29 is 19.1 Å². The van der Waals surface area contributed by atoms with Crippen molar-refractivity contribution in [2.24, 2.45) is 5.92 Å². The van der Waals surface area contributed by atoms with Gasteiger partial charge in [0.05, 0.1) is 6.61 Å². The second kappa shape index (κ2) is 18.7. The Kier molecular flexibility index (Phi) is 18.0. The summed E-state index contributed by atoms with van der Waals surface area (Å²) in [5, 5.41) is 0. The highest BCUT2D eigenvalue weighted by molar-refractivity contribution is 5.75. The van der Waals surface area contributed by atoms with E-state index in [0.29, 0.717) is 18.9 Å². The van der Waals surface area contributed by atoms with Crippen molar-refractivity contribution in [3.8, 4) is 0 Å². The first-order valence-electron chi connectivity index (χ1n) is 10.9. The Hall–Kier alpha value is -1.06. The monoisotopic (exact) mass is 369 g/mol. The Balaban J connectivity index is 3.92. The summed E-state index contributed by atoms with van der Waals surface area (Å²) < 4.78 is 10.2. The van der Waals surface area contributed by atoms with Gasteiger partial charge in [-0.2, -0.15) is 0 Å². The lowest BCUT2D eigenvalue weighted by atomic mass is 10.0. The van der Waals surface area contributed by atoms with Gasteiger partial charge in [0.2, 0.25) is 0 Å². The number of carbonyl (C=O) groups excluding carboxylic acids is 2. The number of ether oxygens (including phenoxy) is 2. The molecule has 0 N–H and O–H groups in total. The van der Waals surface area contributed by atoms with Crippen LogP contribution in [-0.4, -0.2) is 25.2 Å². The van der Waals surface area contributed by atoms with Crippen LogP contribution in [-0.2, 0) is 19.1 Å². The van der Waals surface area contributed by atoms with Crippen LogP contribution in [0.25, 0.3) is 0 Å². The highest BCUT2D eigenvalue weighted by Crippen LogP contribution is 2.16. The Morgan fingerprint density at radius 2 is 1.38 bits per heavy atom. The highest BCUT2D eigenvalue weighted by atomic mass is 16.6. The number of unbranched alkanes of at least 4 members (excludes halogenated alkanes) is 9. The molecule has 26 heavy (non-hydrogen) atoms. The van der Waals surface area contributed by atoms with E-state index >= 15 is 0 Å². The van der Waals surface area contributed by atoms with Crippen LogP contribution in [0.15, 0.2) is 0 Å². The third-order valence-corrected chi connectivity index (χ3v) is 5.03. The van der Waals surface area contributed by atoms with Gasteiger partial charge < -0.3 is 9.47 Å². The molecule has 0 aliphatic carbocycles. The fraction of sp³-hybridized carbons (Fsp3) is 0.909. The molecule has 0 rings (SSSR count). The van der Waals surface area contributed by atoms with E-state index in [1.807, 2.05) is 0 Å². The molecule has 0 saturated carbocycles. The molecule has 0 fully saturated rings. The van der Waals surface area contributed by atoms with Crippen LogP contribution in [0.2, 0.25) is 0 Å². The van der Waals surface area contributed by atoms with Gasteiger partial charge in [-0.3, -0.25) is 0 Å². The smallest absolute Gasteiger partial charge is 0.418 e. The van der Waals surface area contributed by atoms with Crippen LogP contribution in [0.1, 0.15) is 111 Å². The molecule has 0 aromatic rings. The SMILES string of the molecule is CCCCCCCCCCCC(O[C]=O)C(=O)OCC(CC)CCCC. The van der Waals surface area contributed by atoms with Gasteiger partial charge in [-0.15, -0.1) is 0 Å². The molecule has 0 aromatic carbocycles. The largest absolute Gasteiger partial charge is 0.463 e. The number of hydrogen-bond acceptors (Lipinski definition) is 4. The summed E-state index contributed by atoms with van der Waals surface area (Å²) in [6, 6.07) is 0. The molecule has 0 heterocycles. The van der Waals surface area contributed by atoms with E-state index in [-0.39, 0.29) is 0 Å². The molecule has 2 atom stereocenters. The molecular formula is C22H41O4. The number of hydrogen-bond donors (Lipinski definition) is 0. The summed E-state index contributed by atoms with van der Waals surface area (Å²) in [7, 11) is 0. The zero-order valence-corrected chi connectivity index (χ0v) is 17.4. The zero-order valence-electron chi connectivity index (χ0n) is 17.4. The van der Waals surface area contributed by atoms with Gasteiger partial charge in [-0.05, 0) is 25.2 Å². The van der Waals surface area contributed by atoms with Crippen molar-refractivity contribution in [3.63, 3.8) is 0 Å². The first kappa shape index (κ1) is 24.9. The van der Waals surface area contributed by atoms with Crippen LogP contribution < -0.4 is 0 Å². The molecule has 153 valence electrons. The van der Waals surface area contributed by atoms with Gasteiger partial charge in [0.25, 0.3) is 0 Å². The first-order chi connectivity index (χ1) is 12.7. The minimum absolute atomic E-state index is 0.396. The third kappa shape index (κ3) is 14.1. The Morgan fingerprint density at radius 3 is 1.92 bits per heavy atom. The van der Waals surface area contributed by atoms with Crippen molar-refractivity contribution in [2.75, 3.05) is 6.61 Å². The second-order valence-corrected chi connectivity index (χ2v) is 7.35. The quantitative estimate of drug-likeness (QED) is 0.203. The average molecular weight is 370 g/mol. The molecule has 0 bridgehead atoms. The van der Waals surface area contributed by atoms with E-state index in [2.05, 4.69) is 20.8 Å². The van der Waals surface area contributed by atoms with E-state index < -0.39 is 12.1 Å². The summed E-state index contributed by atoms with van der Waals surface area (Å²) in [5.41, 5.74) is 0. The minimum atomic E-state index is -0.791. The molecule has 2 unspecified atom stereocenters. The van der Waals surface area contributed by atoms with Crippen molar-refractivity contribution in [2.45, 2.75) is 117 Å². The predicted molar refractivity (Wildman–Crippen MR) is 107 cm³/mol. The standard InChI is InChI=1S/C22H41O4/c1-4-7-9-10-11-12-13-14-15-17-21(26-19-23)22(24)25-18-20(6-3)16-8-5-2/h20-21H,4-18H2,1-3H3. The van der Waals surface area contributed by atoms with Crippen LogP contribution in [0, 0.1) is 5.92 Å². The molecule has 0 amide bonds. The summed E-state index contributed by atoms with van der Waals surface area (Å²) in [6.45, 7) is 8.34. The van der Waals surface area contributed by atoms with E-state index in [1.54, 1.807) is 0 Å². The number of rotatable bonds is 19. The van der Waals surface area contributed by atoms with Gasteiger partial charge in [-0.1, -0.05) is 91.4 Å². The molecule has 0 aliphatic rings. The van der Waals surface area contributed by atoms with Crippen LogP contribution in [0.4, 0.5) is 0 Å². The van der Waals surface area contributed by atoms with Gasteiger partial charge in [0, 0.05) is 0 Å². The maximum Gasteiger partial charge on any atom is 0.418 e. The maximum atomic E-state index is 12.2. The molecule has 1 radical (unpaired) electrons. The lowest BCUT2D eigenvalue weighted by Crippen LogP contribution is -2.28.